The molecule has 2 N–H and O–H groups in total. The Labute approximate surface area is 251 Å². The van der Waals surface area contributed by atoms with Crippen LogP contribution in [-0.4, -0.2) is 45.4 Å². The van der Waals surface area contributed by atoms with E-state index in [0.29, 0.717) is 70.8 Å². The molecule has 2 saturated carbocycles. The molecule has 6 nitrogen and oxygen atoms in total. The molecule has 0 aromatic heterocycles. The highest BCUT2D eigenvalue weighted by molar-refractivity contribution is 5.75. The second kappa shape index (κ2) is 19.6. The van der Waals surface area contributed by atoms with E-state index in [2.05, 4.69) is 16.8 Å². The van der Waals surface area contributed by atoms with Crippen LogP contribution in [0.15, 0.2) is 23.1 Å². The molecule has 0 unspecified atom stereocenters. The highest BCUT2D eigenvalue weighted by Gasteiger charge is 2.29. The number of hydrogen-bond donors (Lipinski definition) is 2. The summed E-state index contributed by atoms with van der Waals surface area (Å²) >= 11 is 0. The third kappa shape index (κ3) is 12.8. The quantitative estimate of drug-likeness (QED) is 0.0438. The smallest absolute Gasteiger partial charge is 0.220 e. The van der Waals surface area contributed by atoms with Gasteiger partial charge in [-0.15, -0.1) is 0 Å². The summed E-state index contributed by atoms with van der Waals surface area (Å²) in [4.78, 5) is 12.0. The number of halogens is 5. The Kier molecular flexibility index (Phi) is 15.9. The van der Waals surface area contributed by atoms with Crippen LogP contribution < -0.4 is 15.4 Å². The maximum Gasteiger partial charge on any atom is 0.220 e. The normalized spacial score (nSPS) is 14.0. The standard InChI is InChI=1S/C32H45F5N2O4/c33-27-28(34)30(36)32(31(37)29(27)35)43-25(24-10-9-11-24)12-7-5-3-1-2-4-6-8-13-26(40)39-17-19-42-21-20-41-18-16-38-22-23-14-15-23/h22,38H,1-21H2,(H,39,40). The van der Waals surface area contributed by atoms with Crippen LogP contribution >= 0.6 is 0 Å². The zero-order valence-electron chi connectivity index (χ0n) is 24.9. The summed E-state index contributed by atoms with van der Waals surface area (Å²) in [6.07, 6.45) is 15.1. The van der Waals surface area contributed by atoms with Gasteiger partial charge >= 0.3 is 0 Å². The fourth-order valence-corrected chi connectivity index (χ4v) is 4.60. The number of unbranched alkanes of at least 4 members (excludes halogenated alkanes) is 7. The molecule has 0 aliphatic heterocycles. The first-order valence-corrected chi connectivity index (χ1v) is 15.6. The number of carbonyl (C=O) groups excluding carboxylic acids is 1. The molecule has 43 heavy (non-hydrogen) atoms. The molecule has 0 atom stereocenters. The van der Waals surface area contributed by atoms with Gasteiger partial charge in [-0.3, -0.25) is 4.79 Å². The molecule has 0 bridgehead atoms. The molecule has 2 fully saturated rings. The fourth-order valence-electron chi connectivity index (χ4n) is 4.60. The van der Waals surface area contributed by atoms with Crippen LogP contribution in [0.25, 0.3) is 0 Å². The molecule has 2 aliphatic carbocycles. The van der Waals surface area contributed by atoms with Crippen molar-refractivity contribution in [1.29, 1.82) is 0 Å². The number of amides is 1. The van der Waals surface area contributed by atoms with Crippen LogP contribution in [0.3, 0.4) is 0 Å². The number of ether oxygens (including phenoxy) is 3. The monoisotopic (exact) mass is 616 g/mol. The Morgan fingerprint density at radius 1 is 0.651 bits per heavy atom. The van der Waals surface area contributed by atoms with Gasteiger partial charge in [0.2, 0.25) is 40.7 Å². The minimum absolute atomic E-state index is 0.0280. The van der Waals surface area contributed by atoms with E-state index in [1.807, 2.05) is 0 Å². The predicted molar refractivity (Wildman–Crippen MR) is 154 cm³/mol. The van der Waals surface area contributed by atoms with E-state index in [4.69, 9.17) is 14.2 Å². The van der Waals surface area contributed by atoms with Crippen LogP contribution in [0.1, 0.15) is 96.3 Å². The first kappa shape index (κ1) is 34.8. The number of carbonyl (C=O) groups is 1. The summed E-state index contributed by atoms with van der Waals surface area (Å²) in [5.41, 5.74) is 2.33. The summed E-state index contributed by atoms with van der Waals surface area (Å²) < 4.78 is 84.8. The molecular weight excluding hydrogens is 571 g/mol. The third-order valence-corrected chi connectivity index (χ3v) is 7.48. The summed E-state index contributed by atoms with van der Waals surface area (Å²) in [5, 5.41) is 6.08. The average molecular weight is 617 g/mol. The Morgan fingerprint density at radius 3 is 1.74 bits per heavy atom. The van der Waals surface area contributed by atoms with Crippen molar-refractivity contribution in [2.24, 2.45) is 0 Å². The van der Waals surface area contributed by atoms with Crippen LogP contribution in [-0.2, 0) is 14.3 Å². The fraction of sp³-hybridized carbons (Fsp3) is 0.656. The first-order valence-electron chi connectivity index (χ1n) is 15.6. The molecule has 11 heteroatoms. The summed E-state index contributed by atoms with van der Waals surface area (Å²) in [6, 6.07) is 0. The minimum Gasteiger partial charge on any atom is -0.455 e. The molecule has 0 radical (unpaired) electrons. The highest BCUT2D eigenvalue weighted by atomic mass is 19.2. The summed E-state index contributed by atoms with van der Waals surface area (Å²) in [5.74, 6) is -11.0. The maximum absolute atomic E-state index is 14.1. The number of hydrogen-bond acceptors (Lipinski definition) is 5. The van der Waals surface area contributed by atoms with Gasteiger partial charge in [0.25, 0.3) is 0 Å². The van der Waals surface area contributed by atoms with Gasteiger partial charge in [0.1, 0.15) is 5.76 Å². The second-order valence-electron chi connectivity index (χ2n) is 11.0. The van der Waals surface area contributed by atoms with Crippen molar-refractivity contribution in [2.75, 3.05) is 39.5 Å². The van der Waals surface area contributed by atoms with E-state index in [1.54, 1.807) is 0 Å². The number of allylic oxidation sites excluding steroid dienone is 3. The number of nitrogens with one attached hydrogen (secondary N) is 2. The Morgan fingerprint density at radius 2 is 1.19 bits per heavy atom. The molecule has 0 heterocycles. The van der Waals surface area contributed by atoms with E-state index in [1.165, 1.54) is 18.4 Å². The second-order valence-corrected chi connectivity index (χ2v) is 11.0. The van der Waals surface area contributed by atoms with E-state index < -0.39 is 34.8 Å². The van der Waals surface area contributed by atoms with Gasteiger partial charge in [-0.1, -0.05) is 44.1 Å². The van der Waals surface area contributed by atoms with Crippen molar-refractivity contribution in [3.8, 4) is 5.75 Å². The third-order valence-electron chi connectivity index (χ3n) is 7.48. The number of benzene rings is 1. The lowest BCUT2D eigenvalue weighted by Crippen LogP contribution is -2.27. The van der Waals surface area contributed by atoms with Crippen LogP contribution in [0.2, 0.25) is 0 Å². The molecule has 1 aromatic rings. The molecule has 242 valence electrons. The van der Waals surface area contributed by atoms with Crippen molar-refractivity contribution in [3.05, 3.63) is 52.2 Å². The van der Waals surface area contributed by atoms with Crippen LogP contribution in [0.5, 0.6) is 5.75 Å². The van der Waals surface area contributed by atoms with Gasteiger partial charge in [-0.25, -0.2) is 13.2 Å². The van der Waals surface area contributed by atoms with Crippen LogP contribution in [0, 0.1) is 29.1 Å². The largest absolute Gasteiger partial charge is 0.455 e. The van der Waals surface area contributed by atoms with Crippen molar-refractivity contribution in [2.45, 2.75) is 96.3 Å². The van der Waals surface area contributed by atoms with Gasteiger partial charge < -0.3 is 24.8 Å². The highest BCUT2D eigenvalue weighted by Crippen LogP contribution is 2.36. The lowest BCUT2D eigenvalue weighted by atomic mass is 9.90. The molecule has 3 rings (SSSR count). The van der Waals surface area contributed by atoms with E-state index in [9.17, 15) is 26.7 Å². The van der Waals surface area contributed by atoms with E-state index >= 15 is 0 Å². The molecule has 2 aliphatic rings. The van der Waals surface area contributed by atoms with Crippen molar-refractivity contribution < 1.29 is 41.0 Å². The average Bonchev–Trinajstić information content (AvgIpc) is 3.80. The van der Waals surface area contributed by atoms with E-state index in [0.717, 1.165) is 63.5 Å². The lowest BCUT2D eigenvalue weighted by Gasteiger charge is -2.23. The zero-order chi connectivity index (χ0) is 30.9. The molecule has 0 saturated heterocycles. The minimum atomic E-state index is -2.19. The lowest BCUT2D eigenvalue weighted by molar-refractivity contribution is -0.121. The van der Waals surface area contributed by atoms with Crippen molar-refractivity contribution in [1.82, 2.24) is 10.6 Å². The van der Waals surface area contributed by atoms with Gasteiger partial charge in [0.15, 0.2) is 0 Å². The molecule has 0 spiro atoms. The summed E-state index contributed by atoms with van der Waals surface area (Å²) in [6.45, 7) is 3.41. The van der Waals surface area contributed by atoms with Gasteiger partial charge in [-0.2, -0.15) is 8.78 Å². The number of rotatable bonds is 23. The Balaban J connectivity index is 1.14. The predicted octanol–water partition coefficient (Wildman–Crippen LogP) is 7.52. The van der Waals surface area contributed by atoms with Crippen LogP contribution in [0.4, 0.5) is 22.0 Å². The Bertz CT molecular complexity index is 1060. The molecule has 1 aromatic carbocycles. The van der Waals surface area contributed by atoms with Gasteiger partial charge in [0.05, 0.1) is 26.4 Å². The maximum atomic E-state index is 14.1. The topological polar surface area (TPSA) is 68.8 Å². The SMILES string of the molecule is O=C(CCCCCCCCCCC(Oc1c(F)c(F)c(F)c(F)c1F)=C1CCC1)NCCOCCOCCNC=C1CC1. The van der Waals surface area contributed by atoms with Crippen molar-refractivity contribution in [3.63, 3.8) is 0 Å². The van der Waals surface area contributed by atoms with E-state index in [-0.39, 0.29) is 5.91 Å². The summed E-state index contributed by atoms with van der Waals surface area (Å²) in [7, 11) is 0. The first-order chi connectivity index (χ1) is 20.9. The van der Waals surface area contributed by atoms with Crippen molar-refractivity contribution >= 4 is 5.91 Å². The molecular formula is C32H45F5N2O4. The zero-order valence-corrected chi connectivity index (χ0v) is 24.9. The Hall–Kier alpha value is -2.66. The van der Waals surface area contributed by atoms with Gasteiger partial charge in [-0.05, 0) is 56.7 Å². The molecule has 1 amide bonds. The van der Waals surface area contributed by atoms with Gasteiger partial charge in [0, 0.05) is 25.9 Å².